The molecule has 1 atom stereocenters. The Hall–Kier alpha value is -1.68. The lowest BCUT2D eigenvalue weighted by Crippen LogP contribution is -2.18. The largest absolute Gasteiger partial charge is 0.319 e. The minimum absolute atomic E-state index is 0.609. The molecule has 0 bridgehead atoms. The highest BCUT2D eigenvalue weighted by atomic mass is 15.3. The standard InChI is InChI=1S/C15H22N4/c1-11(10-16-4)9-15-12(2)18-19(13(15)3)14-5-7-17-8-6-14/h5-8,11,16H,9-10H2,1-4H3. The summed E-state index contributed by atoms with van der Waals surface area (Å²) in [6.45, 7) is 7.52. The highest BCUT2D eigenvalue weighted by molar-refractivity contribution is 5.35. The van der Waals surface area contributed by atoms with Gasteiger partial charge in [0.2, 0.25) is 0 Å². The highest BCUT2D eigenvalue weighted by Crippen LogP contribution is 2.20. The molecule has 0 spiro atoms. The van der Waals surface area contributed by atoms with Crippen molar-refractivity contribution in [2.45, 2.75) is 27.2 Å². The van der Waals surface area contributed by atoms with E-state index in [1.165, 1.54) is 11.3 Å². The highest BCUT2D eigenvalue weighted by Gasteiger charge is 2.14. The van der Waals surface area contributed by atoms with Crippen LogP contribution in [0.1, 0.15) is 23.9 Å². The fraction of sp³-hybridized carbons (Fsp3) is 0.467. The summed E-state index contributed by atoms with van der Waals surface area (Å²) in [4.78, 5) is 4.05. The van der Waals surface area contributed by atoms with Gasteiger partial charge in [0.1, 0.15) is 0 Å². The number of nitrogens with zero attached hydrogens (tertiary/aromatic N) is 3. The van der Waals surface area contributed by atoms with Crippen molar-refractivity contribution in [1.29, 1.82) is 0 Å². The molecule has 1 N–H and O–H groups in total. The molecule has 2 aromatic heterocycles. The van der Waals surface area contributed by atoms with E-state index in [0.29, 0.717) is 5.92 Å². The number of pyridine rings is 1. The van der Waals surface area contributed by atoms with Gasteiger partial charge in [0.05, 0.1) is 11.4 Å². The van der Waals surface area contributed by atoms with Crippen LogP contribution in [0.25, 0.3) is 5.69 Å². The first-order valence-corrected chi connectivity index (χ1v) is 6.73. The van der Waals surface area contributed by atoms with Gasteiger partial charge in [-0.05, 0) is 57.5 Å². The third-order valence-corrected chi connectivity index (χ3v) is 3.45. The Morgan fingerprint density at radius 2 is 1.95 bits per heavy atom. The van der Waals surface area contributed by atoms with Gasteiger partial charge in [-0.25, -0.2) is 4.68 Å². The normalized spacial score (nSPS) is 12.6. The molecule has 0 aliphatic heterocycles. The lowest BCUT2D eigenvalue weighted by Gasteiger charge is -2.11. The Morgan fingerprint density at radius 1 is 1.26 bits per heavy atom. The molecule has 0 radical (unpaired) electrons. The molecule has 4 nitrogen and oxygen atoms in total. The first-order valence-electron chi connectivity index (χ1n) is 6.73. The van der Waals surface area contributed by atoms with E-state index in [0.717, 1.165) is 24.3 Å². The summed E-state index contributed by atoms with van der Waals surface area (Å²) >= 11 is 0. The first-order chi connectivity index (χ1) is 9.13. The van der Waals surface area contributed by atoms with E-state index < -0.39 is 0 Å². The molecule has 2 aromatic rings. The zero-order valence-electron chi connectivity index (χ0n) is 12.1. The summed E-state index contributed by atoms with van der Waals surface area (Å²) in [7, 11) is 2.00. The Morgan fingerprint density at radius 3 is 2.58 bits per heavy atom. The van der Waals surface area contributed by atoms with Crippen molar-refractivity contribution in [2.24, 2.45) is 5.92 Å². The molecule has 19 heavy (non-hydrogen) atoms. The minimum atomic E-state index is 0.609. The molecule has 2 heterocycles. The summed E-state index contributed by atoms with van der Waals surface area (Å²) in [5.74, 6) is 0.609. The molecule has 0 aliphatic rings. The topological polar surface area (TPSA) is 42.7 Å². The van der Waals surface area contributed by atoms with Crippen LogP contribution in [0.4, 0.5) is 0 Å². The molecule has 0 aliphatic carbocycles. The zero-order valence-corrected chi connectivity index (χ0v) is 12.1. The Kier molecular flexibility index (Phi) is 4.32. The summed E-state index contributed by atoms with van der Waals surface area (Å²) in [6.07, 6.45) is 4.66. The number of hydrogen-bond acceptors (Lipinski definition) is 3. The van der Waals surface area contributed by atoms with Crippen LogP contribution >= 0.6 is 0 Å². The van der Waals surface area contributed by atoms with Crippen LogP contribution in [0.15, 0.2) is 24.5 Å². The molecule has 0 amide bonds. The summed E-state index contributed by atoms with van der Waals surface area (Å²) in [6, 6.07) is 3.97. The van der Waals surface area contributed by atoms with Crippen molar-refractivity contribution >= 4 is 0 Å². The van der Waals surface area contributed by atoms with Gasteiger partial charge in [0, 0.05) is 18.1 Å². The number of rotatable bonds is 5. The lowest BCUT2D eigenvalue weighted by atomic mass is 9.99. The zero-order chi connectivity index (χ0) is 13.8. The van der Waals surface area contributed by atoms with Gasteiger partial charge >= 0.3 is 0 Å². The molecule has 102 valence electrons. The van der Waals surface area contributed by atoms with E-state index in [9.17, 15) is 0 Å². The van der Waals surface area contributed by atoms with E-state index >= 15 is 0 Å². The average molecular weight is 258 g/mol. The first kappa shape index (κ1) is 13.7. The van der Waals surface area contributed by atoms with Gasteiger partial charge in [-0.15, -0.1) is 0 Å². The summed E-state index contributed by atoms with van der Waals surface area (Å²) in [5.41, 5.74) is 4.78. The van der Waals surface area contributed by atoms with Gasteiger partial charge in [0.25, 0.3) is 0 Å². The van der Waals surface area contributed by atoms with E-state index in [2.05, 4.69) is 36.2 Å². The Bertz CT molecular complexity index is 531. The Balaban J connectivity index is 2.30. The Labute approximate surface area is 114 Å². The fourth-order valence-electron chi connectivity index (χ4n) is 2.48. The molecular weight excluding hydrogens is 236 g/mol. The molecule has 4 heteroatoms. The SMILES string of the molecule is CNCC(C)Cc1c(C)nn(-c2ccncc2)c1C. The van der Waals surface area contributed by atoms with Crippen LogP contribution in [0.5, 0.6) is 0 Å². The van der Waals surface area contributed by atoms with Crippen LogP contribution < -0.4 is 5.32 Å². The van der Waals surface area contributed by atoms with E-state index in [1.807, 2.05) is 23.9 Å². The van der Waals surface area contributed by atoms with E-state index in [4.69, 9.17) is 0 Å². The van der Waals surface area contributed by atoms with Gasteiger partial charge in [0.15, 0.2) is 0 Å². The summed E-state index contributed by atoms with van der Waals surface area (Å²) in [5, 5.41) is 7.89. The molecule has 1 unspecified atom stereocenters. The van der Waals surface area contributed by atoms with Crippen LogP contribution in [0.2, 0.25) is 0 Å². The third-order valence-electron chi connectivity index (χ3n) is 3.45. The van der Waals surface area contributed by atoms with Crippen LogP contribution in [-0.4, -0.2) is 28.4 Å². The van der Waals surface area contributed by atoms with E-state index in [1.54, 1.807) is 12.4 Å². The number of hydrogen-bond donors (Lipinski definition) is 1. The van der Waals surface area contributed by atoms with Gasteiger partial charge in [-0.3, -0.25) is 4.98 Å². The van der Waals surface area contributed by atoms with Crippen molar-refractivity contribution < 1.29 is 0 Å². The molecule has 0 saturated carbocycles. The monoisotopic (exact) mass is 258 g/mol. The fourth-order valence-corrected chi connectivity index (χ4v) is 2.48. The number of aryl methyl sites for hydroxylation is 1. The maximum Gasteiger partial charge on any atom is 0.0679 e. The molecule has 0 saturated heterocycles. The molecular formula is C15H22N4. The maximum absolute atomic E-state index is 4.66. The minimum Gasteiger partial charge on any atom is -0.319 e. The van der Waals surface area contributed by atoms with Crippen molar-refractivity contribution in [3.8, 4) is 5.69 Å². The average Bonchev–Trinajstić information content (AvgIpc) is 2.68. The maximum atomic E-state index is 4.66. The van der Waals surface area contributed by atoms with E-state index in [-0.39, 0.29) is 0 Å². The second-order valence-corrected chi connectivity index (χ2v) is 5.13. The second-order valence-electron chi connectivity index (χ2n) is 5.13. The van der Waals surface area contributed by atoms with Gasteiger partial charge in [-0.2, -0.15) is 5.10 Å². The predicted molar refractivity (Wildman–Crippen MR) is 77.6 cm³/mol. The predicted octanol–water partition coefficient (Wildman–Crippen LogP) is 2.28. The lowest BCUT2D eigenvalue weighted by molar-refractivity contribution is 0.539. The smallest absolute Gasteiger partial charge is 0.0679 e. The van der Waals surface area contributed by atoms with Crippen LogP contribution in [0, 0.1) is 19.8 Å². The van der Waals surface area contributed by atoms with Crippen molar-refractivity contribution in [3.05, 3.63) is 41.5 Å². The van der Waals surface area contributed by atoms with Gasteiger partial charge in [-0.1, -0.05) is 6.92 Å². The number of nitrogens with one attached hydrogen (secondary N) is 1. The quantitative estimate of drug-likeness (QED) is 0.894. The number of aromatic nitrogens is 3. The molecule has 2 rings (SSSR count). The van der Waals surface area contributed by atoms with Gasteiger partial charge < -0.3 is 5.32 Å². The van der Waals surface area contributed by atoms with Crippen molar-refractivity contribution in [3.63, 3.8) is 0 Å². The van der Waals surface area contributed by atoms with Crippen molar-refractivity contribution in [2.75, 3.05) is 13.6 Å². The van der Waals surface area contributed by atoms with Crippen molar-refractivity contribution in [1.82, 2.24) is 20.1 Å². The molecule has 0 fully saturated rings. The third kappa shape index (κ3) is 3.01. The van der Waals surface area contributed by atoms with Crippen LogP contribution in [-0.2, 0) is 6.42 Å². The summed E-state index contributed by atoms with van der Waals surface area (Å²) < 4.78 is 2.01. The second kappa shape index (κ2) is 5.97. The molecule has 0 aromatic carbocycles. The van der Waals surface area contributed by atoms with Crippen LogP contribution in [0.3, 0.4) is 0 Å².